The SMILES string of the molecule is Cc1c(C(C)NC(=O)Nc2ccc(C(F)(F)F)cc2)cnn1-c1ccccn1. The van der Waals surface area contributed by atoms with Gasteiger partial charge in [-0.2, -0.15) is 18.3 Å². The molecule has 0 aliphatic carbocycles. The van der Waals surface area contributed by atoms with Gasteiger partial charge in [0, 0.05) is 23.1 Å². The van der Waals surface area contributed by atoms with Gasteiger partial charge in [-0.1, -0.05) is 6.07 Å². The van der Waals surface area contributed by atoms with Crippen molar-refractivity contribution < 1.29 is 18.0 Å². The molecule has 0 aliphatic rings. The van der Waals surface area contributed by atoms with Gasteiger partial charge in [0.2, 0.25) is 0 Å². The number of halogens is 3. The number of pyridine rings is 1. The zero-order valence-corrected chi connectivity index (χ0v) is 15.2. The lowest BCUT2D eigenvalue weighted by molar-refractivity contribution is -0.137. The fraction of sp³-hybridized carbons (Fsp3) is 0.211. The van der Waals surface area contributed by atoms with Crippen LogP contribution >= 0.6 is 0 Å². The van der Waals surface area contributed by atoms with Crippen LogP contribution in [-0.4, -0.2) is 20.8 Å². The fourth-order valence-electron chi connectivity index (χ4n) is 2.74. The van der Waals surface area contributed by atoms with Crippen LogP contribution in [0.3, 0.4) is 0 Å². The Morgan fingerprint density at radius 2 is 1.86 bits per heavy atom. The van der Waals surface area contributed by atoms with E-state index in [0.717, 1.165) is 23.4 Å². The molecular formula is C19H18F3N5O. The summed E-state index contributed by atoms with van der Waals surface area (Å²) in [5.41, 5.74) is 1.11. The molecule has 2 aromatic heterocycles. The van der Waals surface area contributed by atoms with Gasteiger partial charge in [0.25, 0.3) is 0 Å². The van der Waals surface area contributed by atoms with E-state index in [1.165, 1.54) is 12.1 Å². The van der Waals surface area contributed by atoms with Crippen LogP contribution in [-0.2, 0) is 6.18 Å². The number of nitrogens with one attached hydrogen (secondary N) is 2. The van der Waals surface area contributed by atoms with Gasteiger partial charge in [0.1, 0.15) is 0 Å². The van der Waals surface area contributed by atoms with E-state index in [-0.39, 0.29) is 11.7 Å². The predicted molar refractivity (Wildman–Crippen MR) is 98.1 cm³/mol. The summed E-state index contributed by atoms with van der Waals surface area (Å²) in [6.07, 6.45) is -1.11. The molecular weight excluding hydrogens is 371 g/mol. The smallest absolute Gasteiger partial charge is 0.331 e. The Hall–Kier alpha value is -3.36. The summed E-state index contributed by atoms with van der Waals surface area (Å²) in [4.78, 5) is 16.4. The molecule has 3 aromatic rings. The first-order valence-electron chi connectivity index (χ1n) is 8.46. The third-order valence-electron chi connectivity index (χ3n) is 4.20. The number of urea groups is 1. The molecule has 0 fully saturated rings. The molecule has 2 heterocycles. The molecule has 0 saturated carbocycles. The number of carbonyl (C=O) groups excluding carboxylic acids is 1. The Kier molecular flexibility index (Phi) is 5.34. The van der Waals surface area contributed by atoms with Crippen LogP contribution in [0.25, 0.3) is 5.82 Å². The monoisotopic (exact) mass is 389 g/mol. The number of benzene rings is 1. The number of nitrogens with zero attached hydrogens (tertiary/aromatic N) is 3. The van der Waals surface area contributed by atoms with E-state index in [4.69, 9.17) is 0 Å². The van der Waals surface area contributed by atoms with Gasteiger partial charge >= 0.3 is 12.2 Å². The lowest BCUT2D eigenvalue weighted by Crippen LogP contribution is -2.31. The van der Waals surface area contributed by atoms with E-state index in [1.807, 2.05) is 19.1 Å². The molecule has 0 radical (unpaired) electrons. The first-order chi connectivity index (χ1) is 13.3. The van der Waals surface area contributed by atoms with Crippen molar-refractivity contribution in [2.45, 2.75) is 26.1 Å². The van der Waals surface area contributed by atoms with Gasteiger partial charge in [-0.15, -0.1) is 0 Å². The summed E-state index contributed by atoms with van der Waals surface area (Å²) < 4.78 is 39.4. The van der Waals surface area contributed by atoms with Gasteiger partial charge in [0.05, 0.1) is 17.8 Å². The van der Waals surface area contributed by atoms with Gasteiger partial charge in [-0.05, 0) is 50.2 Å². The third kappa shape index (κ3) is 4.30. The predicted octanol–water partition coefficient (Wildman–Crippen LogP) is 4.48. The number of carbonyl (C=O) groups is 1. The minimum Gasteiger partial charge on any atom is -0.331 e. The van der Waals surface area contributed by atoms with Crippen LogP contribution in [0.15, 0.2) is 54.9 Å². The highest BCUT2D eigenvalue weighted by Gasteiger charge is 2.30. The quantitative estimate of drug-likeness (QED) is 0.691. The highest BCUT2D eigenvalue weighted by Crippen LogP contribution is 2.29. The topological polar surface area (TPSA) is 71.8 Å². The first-order valence-corrected chi connectivity index (χ1v) is 8.46. The highest BCUT2D eigenvalue weighted by atomic mass is 19.4. The maximum absolute atomic E-state index is 12.6. The first kappa shape index (κ1) is 19.4. The second-order valence-corrected chi connectivity index (χ2v) is 6.18. The van der Waals surface area contributed by atoms with Crippen LogP contribution in [0.1, 0.15) is 29.8 Å². The van der Waals surface area contributed by atoms with Crippen LogP contribution in [0.2, 0.25) is 0 Å². The maximum Gasteiger partial charge on any atom is 0.416 e. The van der Waals surface area contributed by atoms with Crippen molar-refractivity contribution in [3.05, 3.63) is 71.7 Å². The molecule has 146 valence electrons. The van der Waals surface area contributed by atoms with Crippen LogP contribution in [0.5, 0.6) is 0 Å². The summed E-state index contributed by atoms with van der Waals surface area (Å²) in [5, 5.41) is 9.58. The molecule has 1 atom stereocenters. The Morgan fingerprint density at radius 1 is 1.14 bits per heavy atom. The number of hydrogen-bond donors (Lipinski definition) is 2. The number of rotatable bonds is 4. The van der Waals surface area contributed by atoms with E-state index in [2.05, 4.69) is 20.7 Å². The summed E-state index contributed by atoms with van der Waals surface area (Å²) in [7, 11) is 0. The van der Waals surface area contributed by atoms with Crippen molar-refractivity contribution in [2.24, 2.45) is 0 Å². The number of hydrogen-bond acceptors (Lipinski definition) is 3. The van der Waals surface area contributed by atoms with E-state index in [9.17, 15) is 18.0 Å². The lowest BCUT2D eigenvalue weighted by Gasteiger charge is -2.15. The van der Waals surface area contributed by atoms with Crippen LogP contribution < -0.4 is 10.6 Å². The summed E-state index contributed by atoms with van der Waals surface area (Å²) >= 11 is 0. The van der Waals surface area contributed by atoms with Gasteiger partial charge < -0.3 is 10.6 Å². The lowest BCUT2D eigenvalue weighted by atomic mass is 10.1. The van der Waals surface area contributed by atoms with Crippen molar-refractivity contribution in [3.8, 4) is 5.82 Å². The number of alkyl halides is 3. The Balaban J connectivity index is 1.66. The molecule has 9 heteroatoms. The molecule has 1 aromatic carbocycles. The second-order valence-electron chi connectivity index (χ2n) is 6.18. The van der Waals surface area contributed by atoms with Gasteiger partial charge in [0.15, 0.2) is 5.82 Å². The summed E-state index contributed by atoms with van der Waals surface area (Å²) in [5.74, 6) is 0.660. The molecule has 0 aliphatic heterocycles. The highest BCUT2D eigenvalue weighted by molar-refractivity contribution is 5.89. The largest absolute Gasteiger partial charge is 0.416 e. The van der Waals surface area contributed by atoms with Crippen molar-refractivity contribution in [1.82, 2.24) is 20.1 Å². The van der Waals surface area contributed by atoms with Crippen LogP contribution in [0, 0.1) is 6.92 Å². The van der Waals surface area contributed by atoms with Crippen molar-refractivity contribution in [2.75, 3.05) is 5.32 Å². The standard InChI is InChI=1S/C19H18F3N5O/c1-12(16-11-24-27(13(16)2)17-5-3-4-10-23-17)25-18(28)26-15-8-6-14(7-9-15)19(20,21)22/h3-12H,1-2H3,(H2,25,26,28). The molecule has 28 heavy (non-hydrogen) atoms. The minimum atomic E-state index is -4.42. The molecule has 0 bridgehead atoms. The van der Waals surface area contributed by atoms with Gasteiger partial charge in [-0.25, -0.2) is 14.5 Å². The van der Waals surface area contributed by atoms with Crippen molar-refractivity contribution in [1.29, 1.82) is 0 Å². The van der Waals surface area contributed by atoms with Crippen LogP contribution in [0.4, 0.5) is 23.7 Å². The molecule has 2 amide bonds. The van der Waals surface area contributed by atoms with E-state index < -0.39 is 17.8 Å². The third-order valence-corrected chi connectivity index (χ3v) is 4.20. The molecule has 0 spiro atoms. The minimum absolute atomic E-state index is 0.263. The molecule has 6 nitrogen and oxygen atoms in total. The summed E-state index contributed by atoms with van der Waals surface area (Å²) in [6, 6.07) is 8.82. The average Bonchev–Trinajstić information content (AvgIpc) is 3.03. The van der Waals surface area contributed by atoms with E-state index in [1.54, 1.807) is 30.1 Å². The average molecular weight is 389 g/mol. The van der Waals surface area contributed by atoms with E-state index in [0.29, 0.717) is 5.82 Å². The molecule has 3 rings (SSSR count). The zero-order valence-electron chi connectivity index (χ0n) is 15.2. The maximum atomic E-state index is 12.6. The number of anilines is 1. The normalized spacial score (nSPS) is 12.5. The van der Waals surface area contributed by atoms with E-state index >= 15 is 0 Å². The Morgan fingerprint density at radius 3 is 2.46 bits per heavy atom. The van der Waals surface area contributed by atoms with Crippen molar-refractivity contribution >= 4 is 11.7 Å². The number of amides is 2. The number of aromatic nitrogens is 3. The Labute approximate surface area is 159 Å². The molecule has 0 saturated heterocycles. The molecule has 1 unspecified atom stereocenters. The molecule has 2 N–H and O–H groups in total. The van der Waals surface area contributed by atoms with Crippen molar-refractivity contribution in [3.63, 3.8) is 0 Å². The fourth-order valence-corrected chi connectivity index (χ4v) is 2.74. The van der Waals surface area contributed by atoms with Gasteiger partial charge in [-0.3, -0.25) is 0 Å². The zero-order chi connectivity index (χ0) is 20.3. The second kappa shape index (κ2) is 7.71. The Bertz CT molecular complexity index is 952. The summed E-state index contributed by atoms with van der Waals surface area (Å²) in [6.45, 7) is 3.65.